The minimum Gasteiger partial charge on any atom is -0.481 e. The van der Waals surface area contributed by atoms with Gasteiger partial charge in [0.05, 0.1) is 59.3 Å². The molecule has 0 bridgehead atoms. The molecular weight excluding hydrogens is 366 g/mol. The zero-order valence-electron chi connectivity index (χ0n) is 15.9. The van der Waals surface area contributed by atoms with Gasteiger partial charge in [0.2, 0.25) is 0 Å². The van der Waals surface area contributed by atoms with E-state index in [0.717, 1.165) is 0 Å². The topological polar surface area (TPSA) is 103 Å². The van der Waals surface area contributed by atoms with E-state index in [1.807, 2.05) is 0 Å². The van der Waals surface area contributed by atoms with Gasteiger partial charge in [-0.2, -0.15) is 0 Å². The van der Waals surface area contributed by atoms with Crippen LogP contribution >= 0.6 is 0 Å². The monoisotopic (exact) mass is 393 g/mol. The second kappa shape index (κ2) is 15.6. The summed E-state index contributed by atoms with van der Waals surface area (Å²) in [7, 11) is 0. The number of aliphatic carboxylic acids is 1. The average Bonchev–Trinajstić information content (AvgIpc) is 2.70. The molecule has 0 fully saturated rings. The number of amides is 1. The molecule has 154 valence electrons. The molecule has 0 aromatic heterocycles. The van der Waals surface area contributed by atoms with E-state index in [1.54, 1.807) is 24.3 Å². The predicted octanol–water partition coefficient (Wildman–Crippen LogP) is 0.939. The van der Waals surface area contributed by atoms with Crippen LogP contribution in [0.3, 0.4) is 0 Å². The quantitative estimate of drug-likeness (QED) is 0.318. The third kappa shape index (κ3) is 12.0. The summed E-state index contributed by atoms with van der Waals surface area (Å²) in [5.74, 6) is 1.42. The lowest BCUT2D eigenvalue weighted by atomic mass is 10.1. The minimum atomic E-state index is -0.881. The molecule has 0 aliphatic rings. The highest BCUT2D eigenvalue weighted by molar-refractivity contribution is 5.94. The fraction of sp³-hybridized carbons (Fsp3) is 0.500. The van der Waals surface area contributed by atoms with E-state index in [2.05, 4.69) is 11.2 Å². The van der Waals surface area contributed by atoms with Crippen molar-refractivity contribution in [2.45, 2.75) is 6.42 Å². The van der Waals surface area contributed by atoms with Gasteiger partial charge in [-0.05, 0) is 18.2 Å². The Morgan fingerprint density at radius 3 is 2.07 bits per heavy atom. The fourth-order valence-corrected chi connectivity index (χ4v) is 2.01. The molecule has 0 radical (unpaired) electrons. The minimum absolute atomic E-state index is 0.00819. The summed E-state index contributed by atoms with van der Waals surface area (Å²) < 4.78 is 21.1. The Bertz CT molecular complexity index is 627. The first-order chi connectivity index (χ1) is 13.6. The summed E-state index contributed by atoms with van der Waals surface area (Å²) in [6, 6.07) is 6.87. The van der Waals surface area contributed by atoms with E-state index in [1.165, 1.54) is 0 Å². The molecular formula is C20H27NO7. The molecule has 1 aromatic carbocycles. The third-order valence-corrected chi connectivity index (χ3v) is 3.40. The van der Waals surface area contributed by atoms with Gasteiger partial charge < -0.3 is 29.4 Å². The van der Waals surface area contributed by atoms with Crippen molar-refractivity contribution in [2.24, 2.45) is 0 Å². The van der Waals surface area contributed by atoms with Crippen molar-refractivity contribution >= 4 is 11.9 Å². The number of rotatable bonds is 16. The van der Waals surface area contributed by atoms with Crippen molar-refractivity contribution in [3.05, 3.63) is 35.4 Å². The Morgan fingerprint density at radius 2 is 1.50 bits per heavy atom. The van der Waals surface area contributed by atoms with Crippen LogP contribution in [0, 0.1) is 12.3 Å². The number of terminal acetylenes is 1. The second-order valence-electron chi connectivity index (χ2n) is 5.57. The van der Waals surface area contributed by atoms with E-state index >= 15 is 0 Å². The Hall–Kier alpha value is -2.44. The van der Waals surface area contributed by atoms with Crippen molar-refractivity contribution in [3.63, 3.8) is 0 Å². The van der Waals surface area contributed by atoms with Gasteiger partial charge in [-0.15, -0.1) is 6.42 Å². The van der Waals surface area contributed by atoms with Crippen molar-refractivity contribution < 1.29 is 33.6 Å². The summed E-state index contributed by atoms with van der Waals surface area (Å²) in [4.78, 5) is 22.2. The number of carboxylic acid groups (broad SMARTS) is 1. The smallest absolute Gasteiger partial charge is 0.305 e. The first-order valence-electron chi connectivity index (χ1n) is 9.01. The van der Waals surface area contributed by atoms with Crippen molar-refractivity contribution in [1.82, 2.24) is 5.32 Å². The molecule has 8 nitrogen and oxygen atoms in total. The van der Waals surface area contributed by atoms with Crippen LogP contribution in [0.1, 0.15) is 22.3 Å². The molecule has 0 heterocycles. The van der Waals surface area contributed by atoms with Crippen LogP contribution in [0.15, 0.2) is 24.3 Å². The Labute approximate surface area is 165 Å². The Kier molecular flexibility index (Phi) is 13.1. The highest BCUT2D eigenvalue weighted by atomic mass is 16.6. The van der Waals surface area contributed by atoms with Crippen LogP contribution in [0.2, 0.25) is 0 Å². The van der Waals surface area contributed by atoms with Crippen LogP contribution < -0.4 is 5.32 Å². The number of nitrogens with one attached hydrogen (secondary N) is 1. The summed E-state index contributed by atoms with van der Waals surface area (Å²) >= 11 is 0. The highest BCUT2D eigenvalue weighted by Gasteiger charge is 2.04. The number of hydrogen-bond donors (Lipinski definition) is 2. The van der Waals surface area contributed by atoms with E-state index in [9.17, 15) is 9.59 Å². The molecule has 28 heavy (non-hydrogen) atoms. The van der Waals surface area contributed by atoms with E-state index in [0.29, 0.717) is 63.9 Å². The fourth-order valence-electron chi connectivity index (χ4n) is 2.01. The molecule has 1 amide bonds. The summed E-state index contributed by atoms with van der Waals surface area (Å²) in [6.07, 6.45) is 5.31. The SMILES string of the molecule is C#Cc1cccc(C(=O)NCCOCCOCCOCCOCCC(=O)O)c1. The van der Waals surface area contributed by atoms with E-state index < -0.39 is 5.97 Å². The molecule has 0 saturated heterocycles. The van der Waals surface area contributed by atoms with Gasteiger partial charge in [-0.1, -0.05) is 12.0 Å². The molecule has 0 aliphatic heterocycles. The molecule has 0 spiro atoms. The maximum absolute atomic E-state index is 12.0. The van der Waals surface area contributed by atoms with Crippen LogP contribution in [-0.2, 0) is 23.7 Å². The number of carbonyl (C=O) groups is 2. The van der Waals surface area contributed by atoms with Crippen molar-refractivity contribution in [3.8, 4) is 12.3 Å². The Morgan fingerprint density at radius 1 is 0.929 bits per heavy atom. The highest BCUT2D eigenvalue weighted by Crippen LogP contribution is 2.03. The summed E-state index contributed by atoms with van der Waals surface area (Å²) in [6.45, 7) is 3.41. The molecule has 0 saturated carbocycles. The average molecular weight is 393 g/mol. The number of carbonyl (C=O) groups excluding carboxylic acids is 1. The predicted molar refractivity (Wildman–Crippen MR) is 102 cm³/mol. The second-order valence-corrected chi connectivity index (χ2v) is 5.57. The lowest BCUT2D eigenvalue weighted by Crippen LogP contribution is -2.27. The number of carboxylic acids is 1. The number of benzene rings is 1. The van der Waals surface area contributed by atoms with Gasteiger partial charge in [0.1, 0.15) is 0 Å². The van der Waals surface area contributed by atoms with Crippen LogP contribution in [0.25, 0.3) is 0 Å². The first kappa shape index (κ1) is 23.6. The molecule has 2 N–H and O–H groups in total. The summed E-state index contributed by atoms with van der Waals surface area (Å²) in [5, 5.41) is 11.2. The normalized spacial score (nSPS) is 10.4. The van der Waals surface area contributed by atoms with Gasteiger partial charge in [0, 0.05) is 17.7 Å². The lowest BCUT2D eigenvalue weighted by Gasteiger charge is -2.08. The van der Waals surface area contributed by atoms with Crippen LogP contribution in [0.5, 0.6) is 0 Å². The molecule has 0 unspecified atom stereocenters. The van der Waals surface area contributed by atoms with Gasteiger partial charge in [-0.25, -0.2) is 0 Å². The largest absolute Gasteiger partial charge is 0.481 e. The maximum Gasteiger partial charge on any atom is 0.305 e. The molecule has 1 rings (SSSR count). The van der Waals surface area contributed by atoms with Crippen molar-refractivity contribution in [2.75, 3.05) is 59.4 Å². The lowest BCUT2D eigenvalue weighted by molar-refractivity contribution is -0.138. The summed E-state index contributed by atoms with van der Waals surface area (Å²) in [5.41, 5.74) is 1.18. The standard InChI is InChI=1S/C20H27NO7/c1-2-17-4-3-5-18(16-17)20(24)21-7-9-26-11-13-28-15-14-27-12-10-25-8-6-19(22)23/h1,3-5,16H,6-15H2,(H,21,24)(H,22,23). The molecule has 0 atom stereocenters. The van der Waals surface area contributed by atoms with Gasteiger partial charge in [0.25, 0.3) is 5.91 Å². The van der Waals surface area contributed by atoms with Crippen LogP contribution in [-0.4, -0.2) is 76.4 Å². The van der Waals surface area contributed by atoms with Gasteiger partial charge in [0.15, 0.2) is 0 Å². The van der Waals surface area contributed by atoms with Crippen molar-refractivity contribution in [1.29, 1.82) is 0 Å². The molecule has 8 heteroatoms. The molecule has 0 aliphatic carbocycles. The zero-order chi connectivity index (χ0) is 20.5. The van der Waals surface area contributed by atoms with Crippen LogP contribution in [0.4, 0.5) is 0 Å². The van der Waals surface area contributed by atoms with Gasteiger partial charge in [-0.3, -0.25) is 9.59 Å². The van der Waals surface area contributed by atoms with Gasteiger partial charge >= 0.3 is 5.97 Å². The number of hydrogen-bond acceptors (Lipinski definition) is 6. The first-order valence-corrected chi connectivity index (χ1v) is 9.01. The van der Waals surface area contributed by atoms with E-state index in [-0.39, 0.29) is 18.9 Å². The van der Waals surface area contributed by atoms with E-state index in [4.69, 9.17) is 30.5 Å². The zero-order valence-corrected chi connectivity index (χ0v) is 15.9. The Balaban J connectivity index is 1.87. The maximum atomic E-state index is 12.0. The number of ether oxygens (including phenoxy) is 4. The third-order valence-electron chi connectivity index (χ3n) is 3.40. The molecule has 1 aromatic rings.